The Morgan fingerprint density at radius 2 is 2.00 bits per heavy atom. The average Bonchev–Trinajstić information content (AvgIpc) is 2.46. The summed E-state index contributed by atoms with van der Waals surface area (Å²) in [4.78, 5) is 3.94. The molecule has 2 heteroatoms. The zero-order chi connectivity index (χ0) is 13.5. The van der Waals surface area contributed by atoms with Gasteiger partial charge in [0.15, 0.2) is 0 Å². The summed E-state index contributed by atoms with van der Waals surface area (Å²) in [5.41, 5.74) is 3.77. The molecule has 0 saturated heterocycles. The zero-order valence-electron chi connectivity index (χ0n) is 10.7. The van der Waals surface area contributed by atoms with E-state index in [9.17, 15) is 0 Å². The normalized spacial score (nSPS) is 11.5. The molecule has 2 nitrogen and oxygen atoms in total. The lowest BCUT2D eigenvalue weighted by molar-refractivity contribution is 1.29. The third-order valence-electron chi connectivity index (χ3n) is 2.69. The number of hydrogen-bond acceptors (Lipinski definition) is 2. The fraction of sp³-hybridized carbons (Fsp3) is 0.0588. The van der Waals surface area contributed by atoms with Crippen molar-refractivity contribution in [2.45, 2.75) is 6.92 Å². The van der Waals surface area contributed by atoms with Crippen LogP contribution in [0.2, 0.25) is 0 Å². The molecule has 0 amide bonds. The fourth-order valence-electron chi connectivity index (χ4n) is 1.73. The Morgan fingerprint density at radius 3 is 2.74 bits per heavy atom. The topological polar surface area (TPSA) is 36.7 Å². The molecule has 0 aliphatic carbocycles. The quantitative estimate of drug-likeness (QED) is 0.765. The van der Waals surface area contributed by atoms with Crippen molar-refractivity contribution in [3.05, 3.63) is 77.1 Å². The van der Waals surface area contributed by atoms with Crippen molar-refractivity contribution in [2.24, 2.45) is 0 Å². The van der Waals surface area contributed by atoms with Crippen LogP contribution in [0.1, 0.15) is 23.6 Å². The van der Waals surface area contributed by atoms with Crippen LogP contribution in [0.4, 0.5) is 0 Å². The molecule has 0 unspecified atom stereocenters. The van der Waals surface area contributed by atoms with E-state index in [-0.39, 0.29) is 0 Å². The van der Waals surface area contributed by atoms with E-state index in [1.807, 2.05) is 43.3 Å². The first-order valence-corrected chi connectivity index (χ1v) is 6.05. The summed E-state index contributed by atoms with van der Waals surface area (Å²) in [5.74, 6) is 0. The third-order valence-corrected chi connectivity index (χ3v) is 2.69. The van der Waals surface area contributed by atoms with Crippen molar-refractivity contribution in [2.75, 3.05) is 0 Å². The van der Waals surface area contributed by atoms with E-state index in [4.69, 9.17) is 5.26 Å². The highest BCUT2D eigenvalue weighted by molar-refractivity contribution is 5.63. The number of nitrogens with zero attached hydrogens (tertiary/aromatic N) is 2. The summed E-state index contributed by atoms with van der Waals surface area (Å²) < 4.78 is 0. The molecule has 1 heterocycles. The van der Waals surface area contributed by atoms with Crippen LogP contribution >= 0.6 is 0 Å². The van der Waals surface area contributed by atoms with E-state index in [1.54, 1.807) is 12.4 Å². The molecular formula is C17H14N2. The molecule has 0 bridgehead atoms. The van der Waals surface area contributed by atoms with E-state index in [0.717, 1.165) is 11.1 Å². The largest absolute Gasteiger partial charge is 0.263 e. The second-order valence-electron chi connectivity index (χ2n) is 4.21. The number of hydrogen-bond donors (Lipinski definition) is 0. The lowest BCUT2D eigenvalue weighted by Gasteiger charge is -1.97. The highest BCUT2D eigenvalue weighted by atomic mass is 14.6. The Morgan fingerprint density at radius 1 is 1.21 bits per heavy atom. The lowest BCUT2D eigenvalue weighted by atomic mass is 10.1. The van der Waals surface area contributed by atoms with Crippen molar-refractivity contribution in [1.29, 1.82) is 5.26 Å². The SMILES string of the molecule is CC(C=Cc1ccncc1C#N)=Cc1ccccc1. The minimum absolute atomic E-state index is 0.589. The predicted octanol–water partition coefficient (Wildman–Crippen LogP) is 4.07. The number of benzene rings is 1. The fourth-order valence-corrected chi connectivity index (χ4v) is 1.73. The first-order chi connectivity index (χ1) is 9.29. The molecule has 0 aliphatic rings. The maximum absolute atomic E-state index is 8.98. The monoisotopic (exact) mass is 246 g/mol. The van der Waals surface area contributed by atoms with Gasteiger partial charge in [-0.25, -0.2) is 0 Å². The van der Waals surface area contributed by atoms with Crippen molar-refractivity contribution in [1.82, 2.24) is 4.98 Å². The molecule has 1 aromatic carbocycles. The Labute approximate surface area is 113 Å². The highest BCUT2D eigenvalue weighted by Crippen LogP contribution is 2.12. The Bertz CT molecular complexity index is 646. The molecule has 0 aliphatic heterocycles. The van der Waals surface area contributed by atoms with Crippen molar-refractivity contribution < 1.29 is 0 Å². The van der Waals surface area contributed by atoms with E-state index in [2.05, 4.69) is 29.3 Å². The minimum atomic E-state index is 0.589. The Balaban J connectivity index is 2.19. The van der Waals surface area contributed by atoms with E-state index >= 15 is 0 Å². The molecule has 2 rings (SSSR count). The summed E-state index contributed by atoms with van der Waals surface area (Å²) in [7, 11) is 0. The van der Waals surface area contributed by atoms with Gasteiger partial charge < -0.3 is 0 Å². The van der Waals surface area contributed by atoms with Crippen molar-refractivity contribution >= 4 is 12.2 Å². The third kappa shape index (κ3) is 3.65. The number of pyridine rings is 1. The van der Waals surface area contributed by atoms with Gasteiger partial charge in [-0.15, -0.1) is 0 Å². The maximum atomic E-state index is 8.98. The summed E-state index contributed by atoms with van der Waals surface area (Å²) in [6.45, 7) is 2.04. The van der Waals surface area contributed by atoms with Crippen LogP contribution in [0.3, 0.4) is 0 Å². The first kappa shape index (κ1) is 12.8. The summed E-state index contributed by atoms with van der Waals surface area (Å²) in [5, 5.41) is 8.98. The van der Waals surface area contributed by atoms with E-state index < -0.39 is 0 Å². The number of rotatable bonds is 3. The van der Waals surface area contributed by atoms with Gasteiger partial charge in [0.25, 0.3) is 0 Å². The molecule has 2 aromatic rings. The summed E-state index contributed by atoms with van der Waals surface area (Å²) in [6.07, 6.45) is 9.31. The Kier molecular flexibility index (Phi) is 4.25. The van der Waals surface area contributed by atoms with Crippen LogP contribution in [-0.4, -0.2) is 4.98 Å². The van der Waals surface area contributed by atoms with E-state index in [1.165, 1.54) is 5.56 Å². The second-order valence-corrected chi connectivity index (χ2v) is 4.21. The van der Waals surface area contributed by atoms with Gasteiger partial charge in [0.2, 0.25) is 0 Å². The lowest BCUT2D eigenvalue weighted by Crippen LogP contribution is -1.83. The average molecular weight is 246 g/mol. The minimum Gasteiger partial charge on any atom is -0.263 e. The standard InChI is InChI=1S/C17H14N2/c1-14(11-15-5-3-2-4-6-15)7-8-16-9-10-19-13-17(16)12-18/h2-11,13H,1H3. The molecule has 92 valence electrons. The van der Waals surface area contributed by atoms with Gasteiger partial charge in [-0.05, 0) is 24.1 Å². The molecular weight excluding hydrogens is 232 g/mol. The number of nitriles is 1. The van der Waals surface area contributed by atoms with Gasteiger partial charge in [-0.2, -0.15) is 5.26 Å². The smallest absolute Gasteiger partial charge is 0.101 e. The van der Waals surface area contributed by atoms with Crippen LogP contribution in [0, 0.1) is 11.3 Å². The van der Waals surface area contributed by atoms with Gasteiger partial charge in [-0.3, -0.25) is 4.98 Å². The van der Waals surface area contributed by atoms with Gasteiger partial charge in [0.05, 0.1) is 5.56 Å². The van der Waals surface area contributed by atoms with E-state index in [0.29, 0.717) is 5.56 Å². The molecule has 0 fully saturated rings. The molecule has 19 heavy (non-hydrogen) atoms. The summed E-state index contributed by atoms with van der Waals surface area (Å²) >= 11 is 0. The van der Waals surface area contributed by atoms with Crippen molar-refractivity contribution in [3.8, 4) is 6.07 Å². The van der Waals surface area contributed by atoms with Gasteiger partial charge in [-0.1, -0.05) is 54.1 Å². The first-order valence-electron chi connectivity index (χ1n) is 6.05. The zero-order valence-corrected chi connectivity index (χ0v) is 10.7. The van der Waals surface area contributed by atoms with Crippen LogP contribution < -0.4 is 0 Å². The van der Waals surface area contributed by atoms with Crippen LogP contribution in [0.25, 0.3) is 12.2 Å². The second kappa shape index (κ2) is 6.32. The molecule has 0 spiro atoms. The van der Waals surface area contributed by atoms with Crippen molar-refractivity contribution in [3.63, 3.8) is 0 Å². The number of allylic oxidation sites excluding steroid dienone is 2. The van der Waals surface area contributed by atoms with Crippen LogP contribution in [0.5, 0.6) is 0 Å². The Hall–Kier alpha value is -2.66. The predicted molar refractivity (Wildman–Crippen MR) is 78.1 cm³/mol. The molecule has 0 atom stereocenters. The molecule has 1 aromatic heterocycles. The summed E-state index contributed by atoms with van der Waals surface area (Å²) in [6, 6.07) is 14.1. The van der Waals surface area contributed by atoms with Gasteiger partial charge >= 0.3 is 0 Å². The highest BCUT2D eigenvalue weighted by Gasteiger charge is 1.96. The molecule has 0 saturated carbocycles. The van der Waals surface area contributed by atoms with Crippen LogP contribution in [-0.2, 0) is 0 Å². The molecule has 0 radical (unpaired) electrons. The maximum Gasteiger partial charge on any atom is 0.101 e. The number of aromatic nitrogens is 1. The van der Waals surface area contributed by atoms with Gasteiger partial charge in [0, 0.05) is 12.4 Å². The van der Waals surface area contributed by atoms with Gasteiger partial charge in [0.1, 0.15) is 6.07 Å². The molecule has 0 N–H and O–H groups in total. The van der Waals surface area contributed by atoms with Crippen LogP contribution in [0.15, 0.2) is 60.4 Å².